The molecule has 1 spiro atoms. The predicted molar refractivity (Wildman–Crippen MR) is 139 cm³/mol. The first-order valence-electron chi connectivity index (χ1n) is 12.9. The fourth-order valence-corrected chi connectivity index (χ4v) is 5.60. The second kappa shape index (κ2) is 9.92. The minimum Gasteiger partial charge on any atom is -0.497 e. The molecule has 4 heterocycles. The molecule has 3 N–H and O–H groups in total. The highest BCUT2D eigenvalue weighted by atomic mass is 16.5. The van der Waals surface area contributed by atoms with Crippen molar-refractivity contribution in [2.75, 3.05) is 44.7 Å². The van der Waals surface area contributed by atoms with Gasteiger partial charge < -0.3 is 19.6 Å². The third-order valence-corrected chi connectivity index (χ3v) is 7.81. The number of piperidine rings is 1. The van der Waals surface area contributed by atoms with Crippen LogP contribution in [0.25, 0.3) is 0 Å². The Balaban J connectivity index is 1.41. The Bertz CT molecular complexity index is 1130. The summed E-state index contributed by atoms with van der Waals surface area (Å²) in [6.45, 7) is 6.62. The van der Waals surface area contributed by atoms with Crippen molar-refractivity contribution in [2.45, 2.75) is 50.3 Å². The minimum absolute atomic E-state index is 0.0884. The van der Waals surface area contributed by atoms with E-state index in [1.165, 1.54) is 13.8 Å². The zero-order valence-corrected chi connectivity index (χ0v) is 21.7. The highest BCUT2D eigenvalue weighted by Gasteiger charge is 2.52. The number of rotatable bonds is 6. The molecule has 198 valence electrons. The molecule has 10 heteroatoms. The SMILES string of the molecule is COc1cccc(CN2C(=O)N(c3ccc(C4CNNC4)cn3)CC23CCN(C(=O)C(C)(C)O)CC3)c1. The highest BCUT2D eigenvalue weighted by Crippen LogP contribution is 2.39. The molecule has 0 radical (unpaired) electrons. The van der Waals surface area contributed by atoms with Gasteiger partial charge in [-0.3, -0.25) is 20.5 Å². The summed E-state index contributed by atoms with van der Waals surface area (Å²) in [5.74, 6) is 1.45. The molecule has 0 unspecified atom stereocenters. The van der Waals surface area contributed by atoms with Crippen LogP contribution in [-0.4, -0.2) is 82.8 Å². The van der Waals surface area contributed by atoms with Crippen LogP contribution in [0.1, 0.15) is 43.7 Å². The Labute approximate surface area is 217 Å². The van der Waals surface area contributed by atoms with Crippen LogP contribution in [0, 0.1) is 0 Å². The van der Waals surface area contributed by atoms with Gasteiger partial charge in [-0.2, -0.15) is 0 Å². The van der Waals surface area contributed by atoms with Crippen molar-refractivity contribution in [3.05, 3.63) is 53.7 Å². The Morgan fingerprint density at radius 2 is 1.92 bits per heavy atom. The lowest BCUT2D eigenvalue weighted by molar-refractivity contribution is -0.150. The van der Waals surface area contributed by atoms with Crippen LogP contribution in [-0.2, 0) is 11.3 Å². The van der Waals surface area contributed by atoms with Gasteiger partial charge in [0.1, 0.15) is 17.2 Å². The number of nitrogens with zero attached hydrogens (tertiary/aromatic N) is 4. The minimum atomic E-state index is -1.42. The fraction of sp³-hybridized carbons (Fsp3) is 0.519. The molecule has 1 aromatic carbocycles. The Morgan fingerprint density at radius 1 is 1.19 bits per heavy atom. The first-order valence-corrected chi connectivity index (χ1v) is 12.9. The molecule has 2 aromatic rings. The Morgan fingerprint density at radius 3 is 2.54 bits per heavy atom. The Hall–Kier alpha value is -3.21. The topological polar surface area (TPSA) is 110 Å². The van der Waals surface area contributed by atoms with Gasteiger partial charge in [-0.05, 0) is 56.0 Å². The van der Waals surface area contributed by atoms with Crippen molar-refractivity contribution >= 4 is 17.8 Å². The van der Waals surface area contributed by atoms with Crippen LogP contribution in [0.2, 0.25) is 0 Å². The normalized spacial score (nSPS) is 20.2. The lowest BCUT2D eigenvalue weighted by Crippen LogP contribution is -2.57. The van der Waals surface area contributed by atoms with Gasteiger partial charge in [0.25, 0.3) is 5.91 Å². The zero-order chi connectivity index (χ0) is 26.2. The van der Waals surface area contributed by atoms with E-state index in [0.717, 1.165) is 30.0 Å². The number of carbonyl (C=O) groups is 2. The van der Waals surface area contributed by atoms with Crippen molar-refractivity contribution in [3.8, 4) is 5.75 Å². The number of amides is 3. The summed E-state index contributed by atoms with van der Waals surface area (Å²) in [6.07, 6.45) is 3.11. The number of benzene rings is 1. The Kier molecular flexibility index (Phi) is 6.82. The summed E-state index contributed by atoms with van der Waals surface area (Å²) >= 11 is 0. The van der Waals surface area contributed by atoms with E-state index in [-0.39, 0.29) is 11.9 Å². The number of methoxy groups -OCH3 is 1. The molecule has 1 aromatic heterocycles. The van der Waals surface area contributed by atoms with Crippen LogP contribution in [0.15, 0.2) is 42.6 Å². The van der Waals surface area contributed by atoms with E-state index >= 15 is 0 Å². The van der Waals surface area contributed by atoms with E-state index < -0.39 is 11.1 Å². The van der Waals surface area contributed by atoms with Crippen molar-refractivity contribution in [2.24, 2.45) is 0 Å². The van der Waals surface area contributed by atoms with E-state index in [0.29, 0.717) is 50.8 Å². The quantitative estimate of drug-likeness (QED) is 0.546. The predicted octanol–water partition coefficient (Wildman–Crippen LogP) is 1.86. The summed E-state index contributed by atoms with van der Waals surface area (Å²) in [5, 5.41) is 10.2. The number of hydrogen-bond acceptors (Lipinski definition) is 7. The molecule has 5 rings (SSSR count). The number of aromatic nitrogens is 1. The van der Waals surface area contributed by atoms with E-state index in [1.807, 2.05) is 41.4 Å². The maximum atomic E-state index is 13.9. The molecule has 3 aliphatic rings. The molecule has 0 bridgehead atoms. The number of carbonyl (C=O) groups excluding carboxylic acids is 2. The second-order valence-corrected chi connectivity index (χ2v) is 10.8. The summed E-state index contributed by atoms with van der Waals surface area (Å²) < 4.78 is 5.40. The summed E-state index contributed by atoms with van der Waals surface area (Å²) in [7, 11) is 1.63. The van der Waals surface area contributed by atoms with Crippen LogP contribution < -0.4 is 20.5 Å². The first-order chi connectivity index (χ1) is 17.7. The third-order valence-electron chi connectivity index (χ3n) is 7.81. The smallest absolute Gasteiger partial charge is 0.326 e. The molecule has 10 nitrogen and oxygen atoms in total. The summed E-state index contributed by atoms with van der Waals surface area (Å²) in [5.41, 5.74) is 6.53. The third kappa shape index (κ3) is 5.01. The van der Waals surface area contributed by atoms with Crippen LogP contribution in [0.4, 0.5) is 10.6 Å². The van der Waals surface area contributed by atoms with E-state index in [9.17, 15) is 14.7 Å². The maximum absolute atomic E-state index is 13.9. The number of pyridine rings is 1. The van der Waals surface area contributed by atoms with Gasteiger partial charge in [-0.1, -0.05) is 18.2 Å². The number of nitrogens with one attached hydrogen (secondary N) is 2. The van der Waals surface area contributed by atoms with Crippen LogP contribution in [0.5, 0.6) is 5.75 Å². The maximum Gasteiger partial charge on any atom is 0.326 e. The molecule has 3 amide bonds. The standard InChI is InChI=1S/C27H36N6O4/c1-26(2,36)24(34)31-11-9-27(10-12-31)18-32(23-8-7-20(14-28-23)21-15-29-30-16-21)25(35)33(27)17-19-5-4-6-22(13-19)37-3/h4-8,13-14,21,29-30,36H,9-12,15-18H2,1-3H3. The number of ether oxygens (including phenoxy) is 1. The zero-order valence-electron chi connectivity index (χ0n) is 21.7. The van der Waals surface area contributed by atoms with E-state index in [2.05, 4.69) is 21.9 Å². The van der Waals surface area contributed by atoms with Crippen molar-refractivity contribution in [1.29, 1.82) is 0 Å². The fourth-order valence-electron chi connectivity index (χ4n) is 5.60. The summed E-state index contributed by atoms with van der Waals surface area (Å²) in [6, 6.07) is 11.7. The molecule has 0 saturated carbocycles. The van der Waals surface area contributed by atoms with Crippen LogP contribution >= 0.6 is 0 Å². The number of likely N-dealkylation sites (tertiary alicyclic amines) is 1. The van der Waals surface area contributed by atoms with Gasteiger partial charge in [0.05, 0.1) is 19.2 Å². The molecule has 3 fully saturated rings. The number of hydrogen-bond donors (Lipinski definition) is 3. The monoisotopic (exact) mass is 508 g/mol. The molecular formula is C27H36N6O4. The summed E-state index contributed by atoms with van der Waals surface area (Å²) in [4.78, 5) is 36.7. The van der Waals surface area contributed by atoms with E-state index in [1.54, 1.807) is 16.9 Å². The largest absolute Gasteiger partial charge is 0.497 e. The van der Waals surface area contributed by atoms with Gasteiger partial charge in [0, 0.05) is 44.8 Å². The van der Waals surface area contributed by atoms with Gasteiger partial charge in [0.15, 0.2) is 0 Å². The number of anilines is 1. The van der Waals surface area contributed by atoms with Gasteiger partial charge >= 0.3 is 6.03 Å². The second-order valence-electron chi connectivity index (χ2n) is 10.8. The highest BCUT2D eigenvalue weighted by molar-refractivity contribution is 5.94. The molecule has 0 aliphatic carbocycles. The molecule has 37 heavy (non-hydrogen) atoms. The molecule has 3 saturated heterocycles. The molecular weight excluding hydrogens is 472 g/mol. The first kappa shape index (κ1) is 25.4. The van der Waals surface area contributed by atoms with Gasteiger partial charge in [-0.25, -0.2) is 9.78 Å². The van der Waals surface area contributed by atoms with Crippen LogP contribution in [0.3, 0.4) is 0 Å². The van der Waals surface area contributed by atoms with Crippen molar-refractivity contribution in [1.82, 2.24) is 25.6 Å². The van der Waals surface area contributed by atoms with Crippen molar-refractivity contribution in [3.63, 3.8) is 0 Å². The van der Waals surface area contributed by atoms with Gasteiger partial charge in [0.2, 0.25) is 0 Å². The molecule has 0 atom stereocenters. The average Bonchev–Trinajstić information content (AvgIpc) is 3.52. The lowest BCUT2D eigenvalue weighted by Gasteiger charge is -2.44. The van der Waals surface area contributed by atoms with E-state index in [4.69, 9.17) is 4.74 Å². The average molecular weight is 509 g/mol. The molecule has 3 aliphatic heterocycles. The number of aliphatic hydroxyl groups is 1. The van der Waals surface area contributed by atoms with Crippen molar-refractivity contribution < 1.29 is 19.4 Å². The lowest BCUT2D eigenvalue weighted by atomic mass is 9.85. The number of hydrazine groups is 1. The number of urea groups is 1. The van der Waals surface area contributed by atoms with Gasteiger partial charge in [-0.15, -0.1) is 0 Å².